The predicted octanol–water partition coefficient (Wildman–Crippen LogP) is 2.98. The van der Waals surface area contributed by atoms with Crippen LogP contribution in [0.3, 0.4) is 0 Å². The maximum absolute atomic E-state index is 12.8. The molecule has 0 aliphatic rings. The Hall–Kier alpha value is -2.70. The number of aromatic carboxylic acids is 1. The van der Waals surface area contributed by atoms with E-state index in [0.29, 0.717) is 10.9 Å². The maximum Gasteiger partial charge on any atom is 0.336 e. The van der Waals surface area contributed by atoms with Crippen LogP contribution in [0.5, 0.6) is 0 Å². The zero-order valence-corrected chi connectivity index (χ0v) is 10.8. The molecular weight excluding hydrogens is 280 g/mol. The summed E-state index contributed by atoms with van der Waals surface area (Å²) in [7, 11) is 0. The van der Waals surface area contributed by atoms with Crippen LogP contribution in [0.2, 0.25) is 0 Å². The maximum atomic E-state index is 12.8. The third-order valence-corrected chi connectivity index (χ3v) is 3.32. The van der Waals surface area contributed by atoms with Crippen LogP contribution in [0.15, 0.2) is 42.9 Å². The van der Waals surface area contributed by atoms with Crippen molar-refractivity contribution in [2.45, 2.75) is 13.1 Å². The van der Waals surface area contributed by atoms with E-state index in [9.17, 15) is 13.6 Å². The zero-order valence-electron chi connectivity index (χ0n) is 10.8. The number of carboxylic acids is 1. The van der Waals surface area contributed by atoms with E-state index in [-0.39, 0.29) is 17.9 Å². The van der Waals surface area contributed by atoms with Crippen molar-refractivity contribution in [1.82, 2.24) is 14.1 Å². The fourth-order valence-electron chi connectivity index (χ4n) is 2.34. The molecule has 7 heteroatoms. The number of benzene rings is 1. The van der Waals surface area contributed by atoms with Crippen molar-refractivity contribution < 1.29 is 18.7 Å². The Kier molecular flexibility index (Phi) is 3.17. The van der Waals surface area contributed by atoms with Gasteiger partial charge >= 0.3 is 12.5 Å². The molecule has 5 nitrogen and oxygen atoms in total. The Balaban J connectivity index is 2.04. The van der Waals surface area contributed by atoms with Gasteiger partial charge in [-0.3, -0.25) is 4.57 Å². The number of halogens is 2. The molecule has 2 aromatic heterocycles. The first-order valence-corrected chi connectivity index (χ1v) is 6.19. The van der Waals surface area contributed by atoms with E-state index in [1.165, 1.54) is 18.5 Å². The van der Waals surface area contributed by atoms with E-state index >= 15 is 0 Å². The first kappa shape index (κ1) is 13.3. The summed E-state index contributed by atoms with van der Waals surface area (Å²) < 4.78 is 28.1. The van der Waals surface area contributed by atoms with Gasteiger partial charge in [-0.25, -0.2) is 9.78 Å². The Morgan fingerprint density at radius 1 is 1.29 bits per heavy atom. The van der Waals surface area contributed by atoms with Crippen LogP contribution >= 0.6 is 0 Å². The molecule has 0 radical (unpaired) electrons. The average Bonchev–Trinajstić information content (AvgIpc) is 3.06. The molecule has 21 heavy (non-hydrogen) atoms. The molecule has 3 aromatic rings. The van der Waals surface area contributed by atoms with Crippen molar-refractivity contribution in [3.05, 3.63) is 54.2 Å². The van der Waals surface area contributed by atoms with Gasteiger partial charge in [0.1, 0.15) is 5.82 Å². The molecule has 0 bridgehead atoms. The van der Waals surface area contributed by atoms with Crippen molar-refractivity contribution >= 4 is 16.9 Å². The Morgan fingerprint density at radius 3 is 2.81 bits per heavy atom. The Bertz CT molecular complexity index is 808. The highest BCUT2D eigenvalue weighted by Crippen LogP contribution is 2.22. The van der Waals surface area contributed by atoms with E-state index in [1.54, 1.807) is 29.0 Å². The number of hydrogen-bond donors (Lipinski definition) is 1. The zero-order chi connectivity index (χ0) is 15.0. The fraction of sp³-hybridized carbons (Fsp3) is 0.143. The van der Waals surface area contributed by atoms with Crippen LogP contribution in [0, 0.1) is 0 Å². The minimum absolute atomic E-state index is 0.143. The molecule has 2 heterocycles. The third kappa shape index (κ3) is 2.26. The van der Waals surface area contributed by atoms with Gasteiger partial charge in [-0.15, -0.1) is 0 Å². The minimum Gasteiger partial charge on any atom is -0.478 e. The van der Waals surface area contributed by atoms with E-state index < -0.39 is 12.5 Å². The highest BCUT2D eigenvalue weighted by Gasteiger charge is 2.14. The predicted molar refractivity (Wildman–Crippen MR) is 71.5 cm³/mol. The second-order valence-corrected chi connectivity index (χ2v) is 4.52. The number of imidazole rings is 1. The summed E-state index contributed by atoms with van der Waals surface area (Å²) in [6.45, 7) is -2.51. The molecule has 0 saturated carbocycles. The Labute approximate surface area is 118 Å². The topological polar surface area (TPSA) is 60.0 Å². The third-order valence-electron chi connectivity index (χ3n) is 3.32. The van der Waals surface area contributed by atoms with E-state index in [0.717, 1.165) is 4.57 Å². The van der Waals surface area contributed by atoms with E-state index in [4.69, 9.17) is 5.11 Å². The molecule has 0 amide bonds. The van der Waals surface area contributed by atoms with Crippen LogP contribution in [-0.4, -0.2) is 25.2 Å². The van der Waals surface area contributed by atoms with Gasteiger partial charge in [-0.05, 0) is 18.2 Å². The van der Waals surface area contributed by atoms with Gasteiger partial charge in [0, 0.05) is 29.5 Å². The SMILES string of the molecule is O=C(O)c1cccc2c1ccn2Cc1nccn1C(F)F. The number of carbonyl (C=O) groups is 1. The number of rotatable bonds is 4. The second-order valence-electron chi connectivity index (χ2n) is 4.52. The number of nitrogens with zero attached hydrogens (tertiary/aromatic N) is 3. The Morgan fingerprint density at radius 2 is 2.10 bits per heavy atom. The van der Waals surface area contributed by atoms with Gasteiger partial charge < -0.3 is 9.67 Å². The monoisotopic (exact) mass is 291 g/mol. The largest absolute Gasteiger partial charge is 0.478 e. The molecule has 1 aromatic carbocycles. The van der Waals surface area contributed by atoms with Gasteiger partial charge in [0.25, 0.3) is 0 Å². The van der Waals surface area contributed by atoms with Crippen molar-refractivity contribution in [2.75, 3.05) is 0 Å². The second kappa shape index (κ2) is 5.01. The van der Waals surface area contributed by atoms with Crippen molar-refractivity contribution in [1.29, 1.82) is 0 Å². The van der Waals surface area contributed by atoms with E-state index in [1.807, 2.05) is 0 Å². The van der Waals surface area contributed by atoms with Crippen LogP contribution in [0.25, 0.3) is 10.9 Å². The molecule has 0 unspecified atom stereocenters. The van der Waals surface area contributed by atoms with Crippen LogP contribution in [-0.2, 0) is 6.54 Å². The molecule has 0 aliphatic heterocycles. The number of alkyl halides is 2. The summed E-state index contributed by atoms with van der Waals surface area (Å²) in [6.07, 6.45) is 4.20. The van der Waals surface area contributed by atoms with E-state index in [2.05, 4.69) is 4.98 Å². The quantitative estimate of drug-likeness (QED) is 0.804. The fourth-order valence-corrected chi connectivity index (χ4v) is 2.34. The molecule has 0 aliphatic carbocycles. The highest BCUT2D eigenvalue weighted by atomic mass is 19.3. The summed E-state index contributed by atoms with van der Waals surface area (Å²) in [5.41, 5.74) is 0.849. The summed E-state index contributed by atoms with van der Waals surface area (Å²) in [6, 6.07) is 6.54. The van der Waals surface area contributed by atoms with Gasteiger partial charge in [0.05, 0.1) is 12.1 Å². The van der Waals surface area contributed by atoms with Gasteiger partial charge in [-0.2, -0.15) is 8.78 Å². The number of fused-ring (bicyclic) bond motifs is 1. The number of carboxylic acid groups (broad SMARTS) is 1. The minimum atomic E-state index is -2.65. The first-order valence-electron chi connectivity index (χ1n) is 6.19. The summed E-state index contributed by atoms with van der Waals surface area (Å²) >= 11 is 0. The lowest BCUT2D eigenvalue weighted by Crippen LogP contribution is -2.08. The first-order chi connectivity index (χ1) is 10.1. The van der Waals surface area contributed by atoms with Gasteiger partial charge in [0.2, 0.25) is 0 Å². The summed E-state index contributed by atoms with van der Waals surface area (Å²) in [5, 5.41) is 9.71. The van der Waals surface area contributed by atoms with Crippen LogP contribution in [0.4, 0.5) is 8.78 Å². The lowest BCUT2D eigenvalue weighted by Gasteiger charge is -2.08. The van der Waals surface area contributed by atoms with Crippen molar-refractivity contribution in [3.8, 4) is 0 Å². The standard InChI is InChI=1S/C14H11F2N3O2/c15-14(16)19-7-5-17-12(19)8-18-6-4-9-10(13(20)21)2-1-3-11(9)18/h1-7,14H,8H2,(H,20,21). The molecule has 0 saturated heterocycles. The molecule has 108 valence electrons. The van der Waals surface area contributed by atoms with Crippen molar-refractivity contribution in [2.24, 2.45) is 0 Å². The lowest BCUT2D eigenvalue weighted by molar-refractivity contribution is 0.0666. The van der Waals surface area contributed by atoms with Gasteiger partial charge in [-0.1, -0.05) is 6.07 Å². The smallest absolute Gasteiger partial charge is 0.336 e. The molecule has 0 fully saturated rings. The summed E-state index contributed by atoms with van der Waals surface area (Å²) in [5.74, 6) is -0.810. The molecule has 0 atom stereocenters. The lowest BCUT2D eigenvalue weighted by atomic mass is 10.1. The van der Waals surface area contributed by atoms with Gasteiger partial charge in [0.15, 0.2) is 0 Å². The van der Waals surface area contributed by atoms with Crippen molar-refractivity contribution in [3.63, 3.8) is 0 Å². The molecular formula is C14H11F2N3O2. The number of hydrogen-bond acceptors (Lipinski definition) is 2. The van der Waals surface area contributed by atoms with Crippen LogP contribution < -0.4 is 0 Å². The van der Waals surface area contributed by atoms with Crippen LogP contribution in [0.1, 0.15) is 22.7 Å². The normalized spacial score (nSPS) is 11.4. The molecule has 3 rings (SSSR count). The average molecular weight is 291 g/mol. The molecule has 0 spiro atoms. The highest BCUT2D eigenvalue weighted by molar-refractivity contribution is 6.02. The summed E-state index contributed by atoms with van der Waals surface area (Å²) in [4.78, 5) is 15.1. The number of aromatic nitrogens is 3. The molecule has 1 N–H and O–H groups in total.